The minimum Gasteiger partial charge on any atom is -0.394 e. The number of morpholine rings is 1. The highest BCUT2D eigenvalue weighted by Crippen LogP contribution is 2.10. The Morgan fingerprint density at radius 3 is 2.92 bits per heavy atom. The van der Waals surface area contributed by atoms with Crippen molar-refractivity contribution in [2.45, 2.75) is 12.5 Å². The van der Waals surface area contributed by atoms with Gasteiger partial charge in [-0.25, -0.2) is 0 Å². The summed E-state index contributed by atoms with van der Waals surface area (Å²) < 4.78 is 29.0. The van der Waals surface area contributed by atoms with Gasteiger partial charge in [0.2, 0.25) is 0 Å². The molecule has 0 aromatic heterocycles. The van der Waals surface area contributed by atoms with E-state index in [0.29, 0.717) is 0 Å². The summed E-state index contributed by atoms with van der Waals surface area (Å²) >= 11 is 0. The molecule has 1 atom stereocenters. The molecular formula is C7H11F2NO3. The molecule has 1 saturated heterocycles. The first-order valence-corrected chi connectivity index (χ1v) is 3.94. The van der Waals surface area contributed by atoms with Gasteiger partial charge in [0.05, 0.1) is 25.9 Å². The van der Waals surface area contributed by atoms with Gasteiger partial charge in [0.25, 0.3) is 5.91 Å². The Balaban J connectivity index is 2.58. The van der Waals surface area contributed by atoms with Crippen molar-refractivity contribution >= 4 is 5.91 Å². The molecule has 1 aliphatic rings. The van der Waals surface area contributed by atoms with E-state index in [0.717, 1.165) is 4.90 Å². The second-order valence-corrected chi connectivity index (χ2v) is 2.74. The van der Waals surface area contributed by atoms with E-state index in [-0.39, 0.29) is 26.4 Å². The third-order valence-electron chi connectivity index (χ3n) is 1.91. The van der Waals surface area contributed by atoms with Crippen LogP contribution in [0, 0.1) is 0 Å². The second kappa shape index (κ2) is 4.48. The summed E-state index contributed by atoms with van der Waals surface area (Å²) in [5, 5.41) is 8.77. The van der Waals surface area contributed by atoms with E-state index >= 15 is 0 Å². The quantitative estimate of drug-likeness (QED) is 0.644. The van der Waals surface area contributed by atoms with Crippen LogP contribution in [0.3, 0.4) is 0 Å². The van der Waals surface area contributed by atoms with Crippen LogP contribution < -0.4 is 0 Å². The topological polar surface area (TPSA) is 49.8 Å². The number of hydrogen-bond donors (Lipinski definition) is 1. The molecule has 1 fully saturated rings. The van der Waals surface area contributed by atoms with E-state index in [1.54, 1.807) is 0 Å². The van der Waals surface area contributed by atoms with Gasteiger partial charge in [0.15, 0.2) is 0 Å². The summed E-state index contributed by atoms with van der Waals surface area (Å²) in [6, 6.07) is -0.629. The number of rotatable bonds is 2. The van der Waals surface area contributed by atoms with Crippen LogP contribution in [-0.4, -0.2) is 54.7 Å². The lowest BCUT2D eigenvalue weighted by Gasteiger charge is -2.34. The zero-order valence-corrected chi connectivity index (χ0v) is 6.95. The van der Waals surface area contributed by atoms with Crippen LogP contribution in [0.25, 0.3) is 0 Å². The lowest BCUT2D eigenvalue weighted by atomic mass is 10.2. The van der Waals surface area contributed by atoms with Crippen molar-refractivity contribution in [2.75, 3.05) is 26.4 Å². The minimum atomic E-state index is -3.01. The number of aliphatic hydroxyl groups is 1. The van der Waals surface area contributed by atoms with E-state index in [4.69, 9.17) is 9.84 Å². The van der Waals surface area contributed by atoms with E-state index < -0.39 is 18.4 Å². The molecule has 1 rings (SSSR count). The van der Waals surface area contributed by atoms with Crippen LogP contribution in [0.1, 0.15) is 0 Å². The Kier molecular flexibility index (Phi) is 3.56. The number of carbonyl (C=O) groups excluding carboxylic acids is 1. The van der Waals surface area contributed by atoms with Crippen LogP contribution in [0.4, 0.5) is 8.78 Å². The number of carbonyl (C=O) groups is 1. The average Bonchev–Trinajstić information content (AvgIpc) is 2.16. The molecule has 1 unspecified atom stereocenters. The molecule has 1 N–H and O–H groups in total. The largest absolute Gasteiger partial charge is 0.394 e. The number of amides is 1. The molecule has 0 saturated carbocycles. The first kappa shape index (κ1) is 10.3. The Hall–Kier alpha value is -0.750. The fourth-order valence-electron chi connectivity index (χ4n) is 1.22. The van der Waals surface area contributed by atoms with Crippen LogP contribution in [0.2, 0.25) is 0 Å². The van der Waals surface area contributed by atoms with Crippen molar-refractivity contribution in [3.8, 4) is 0 Å². The number of ether oxygens (including phenoxy) is 1. The first-order chi connectivity index (χ1) is 6.16. The Morgan fingerprint density at radius 1 is 1.69 bits per heavy atom. The van der Waals surface area contributed by atoms with Gasteiger partial charge in [0, 0.05) is 6.54 Å². The van der Waals surface area contributed by atoms with Crippen molar-refractivity contribution in [1.29, 1.82) is 0 Å². The molecular weight excluding hydrogens is 184 g/mol. The van der Waals surface area contributed by atoms with Crippen LogP contribution in [0.5, 0.6) is 0 Å². The molecule has 1 heterocycles. The lowest BCUT2D eigenvalue weighted by Crippen LogP contribution is -2.52. The maximum absolute atomic E-state index is 12.0. The zero-order valence-electron chi connectivity index (χ0n) is 6.95. The highest BCUT2D eigenvalue weighted by atomic mass is 19.3. The van der Waals surface area contributed by atoms with Crippen molar-refractivity contribution in [2.24, 2.45) is 0 Å². The van der Waals surface area contributed by atoms with Crippen LogP contribution in [-0.2, 0) is 9.53 Å². The van der Waals surface area contributed by atoms with Crippen molar-refractivity contribution in [3.05, 3.63) is 0 Å². The smallest absolute Gasteiger partial charge is 0.315 e. The Bertz CT molecular complexity index is 189. The van der Waals surface area contributed by atoms with E-state index in [1.165, 1.54) is 0 Å². The van der Waals surface area contributed by atoms with Crippen LogP contribution >= 0.6 is 0 Å². The molecule has 0 radical (unpaired) electrons. The predicted molar refractivity (Wildman–Crippen MR) is 39.4 cm³/mol. The number of aliphatic hydroxyl groups excluding tert-OH is 1. The normalized spacial score (nSPS) is 23.7. The fraction of sp³-hybridized carbons (Fsp3) is 0.857. The van der Waals surface area contributed by atoms with E-state index in [2.05, 4.69) is 0 Å². The van der Waals surface area contributed by atoms with Crippen molar-refractivity contribution in [3.63, 3.8) is 0 Å². The van der Waals surface area contributed by atoms with Gasteiger partial charge in [-0.15, -0.1) is 0 Å². The lowest BCUT2D eigenvalue weighted by molar-refractivity contribution is -0.153. The number of nitrogens with zero attached hydrogens (tertiary/aromatic N) is 1. The molecule has 6 heteroatoms. The molecule has 0 bridgehead atoms. The SMILES string of the molecule is O=C(C(F)F)N1CCOCC1CO. The summed E-state index contributed by atoms with van der Waals surface area (Å²) in [6.45, 7) is 0.136. The highest BCUT2D eigenvalue weighted by molar-refractivity contribution is 5.79. The van der Waals surface area contributed by atoms with Gasteiger partial charge >= 0.3 is 6.43 Å². The molecule has 4 nitrogen and oxygen atoms in total. The molecule has 13 heavy (non-hydrogen) atoms. The third-order valence-corrected chi connectivity index (χ3v) is 1.91. The van der Waals surface area contributed by atoms with Crippen molar-refractivity contribution < 1.29 is 23.4 Å². The maximum Gasteiger partial charge on any atom is 0.315 e. The molecule has 0 aromatic carbocycles. The molecule has 76 valence electrons. The Labute approximate surface area is 74.1 Å². The van der Waals surface area contributed by atoms with Gasteiger partial charge < -0.3 is 14.7 Å². The first-order valence-electron chi connectivity index (χ1n) is 3.94. The molecule has 1 amide bonds. The fourth-order valence-corrected chi connectivity index (χ4v) is 1.22. The number of halogens is 2. The second-order valence-electron chi connectivity index (χ2n) is 2.74. The van der Waals surface area contributed by atoms with Gasteiger partial charge in [-0.3, -0.25) is 4.79 Å². The molecule has 0 spiro atoms. The molecule has 0 aromatic rings. The monoisotopic (exact) mass is 195 g/mol. The summed E-state index contributed by atoms with van der Waals surface area (Å²) in [5.41, 5.74) is 0. The summed E-state index contributed by atoms with van der Waals surface area (Å²) in [4.78, 5) is 11.8. The minimum absolute atomic E-state index is 0.119. The Morgan fingerprint density at radius 2 is 2.38 bits per heavy atom. The maximum atomic E-state index is 12.0. The van der Waals surface area contributed by atoms with E-state index in [9.17, 15) is 13.6 Å². The molecule has 0 aliphatic carbocycles. The predicted octanol–water partition coefficient (Wildman–Crippen LogP) is -0.529. The number of hydrogen-bond acceptors (Lipinski definition) is 3. The summed E-state index contributed by atoms with van der Waals surface area (Å²) in [6.07, 6.45) is -3.01. The average molecular weight is 195 g/mol. The van der Waals surface area contributed by atoms with E-state index in [1.807, 2.05) is 0 Å². The van der Waals surface area contributed by atoms with Gasteiger partial charge in [-0.2, -0.15) is 8.78 Å². The van der Waals surface area contributed by atoms with Crippen LogP contribution in [0.15, 0.2) is 0 Å². The van der Waals surface area contributed by atoms with Gasteiger partial charge in [0.1, 0.15) is 0 Å². The summed E-state index contributed by atoms with van der Waals surface area (Å²) in [7, 11) is 0. The standard InChI is InChI=1S/C7H11F2NO3/c8-6(9)7(12)10-1-2-13-4-5(10)3-11/h5-6,11H,1-4H2. The highest BCUT2D eigenvalue weighted by Gasteiger charge is 2.31. The zero-order chi connectivity index (χ0) is 9.84. The van der Waals surface area contributed by atoms with Gasteiger partial charge in [-0.05, 0) is 0 Å². The summed E-state index contributed by atoms with van der Waals surface area (Å²) in [5.74, 6) is -1.23. The van der Waals surface area contributed by atoms with Crippen molar-refractivity contribution in [1.82, 2.24) is 4.90 Å². The number of alkyl halides is 2. The van der Waals surface area contributed by atoms with Gasteiger partial charge in [-0.1, -0.05) is 0 Å². The third kappa shape index (κ3) is 2.35. The molecule has 1 aliphatic heterocycles.